The van der Waals surface area contributed by atoms with Crippen molar-refractivity contribution in [3.63, 3.8) is 0 Å². The Kier molecular flexibility index (Phi) is 3.75. The minimum Gasteiger partial charge on any atom is -0.395 e. The highest BCUT2D eigenvalue weighted by Crippen LogP contribution is 2.17. The minimum atomic E-state index is -3.76. The molecule has 8 nitrogen and oxygen atoms in total. The molecule has 1 aromatic carbocycles. The molecule has 1 aromatic heterocycles. The van der Waals surface area contributed by atoms with Crippen LogP contribution in [0.15, 0.2) is 32.7 Å². The van der Waals surface area contributed by atoms with Crippen LogP contribution in [0.25, 0.3) is 11.0 Å². The van der Waals surface area contributed by atoms with Gasteiger partial charge in [-0.25, -0.2) is 8.42 Å². The smallest absolute Gasteiger partial charge is 0.314 e. The van der Waals surface area contributed by atoms with E-state index in [1.54, 1.807) is 0 Å². The summed E-state index contributed by atoms with van der Waals surface area (Å²) < 4.78 is 25.3. The Bertz CT molecular complexity index is 852. The second-order valence-electron chi connectivity index (χ2n) is 4.17. The van der Waals surface area contributed by atoms with Crippen molar-refractivity contribution in [2.24, 2.45) is 0 Å². The van der Waals surface area contributed by atoms with Gasteiger partial charge in [0, 0.05) is 13.6 Å². The molecule has 108 valence electrons. The van der Waals surface area contributed by atoms with Gasteiger partial charge in [-0.15, -0.1) is 0 Å². The molecule has 0 saturated heterocycles. The number of rotatable bonds is 4. The maximum atomic E-state index is 12.2. The first-order chi connectivity index (χ1) is 9.36. The van der Waals surface area contributed by atoms with Gasteiger partial charge in [0.05, 0.1) is 22.5 Å². The van der Waals surface area contributed by atoms with Crippen molar-refractivity contribution in [2.45, 2.75) is 4.90 Å². The molecule has 3 N–H and O–H groups in total. The van der Waals surface area contributed by atoms with Crippen LogP contribution in [-0.4, -0.2) is 48.0 Å². The Morgan fingerprint density at radius 2 is 1.75 bits per heavy atom. The van der Waals surface area contributed by atoms with E-state index in [0.717, 1.165) is 4.31 Å². The third-order valence-electron chi connectivity index (χ3n) is 2.82. The molecule has 0 unspecified atom stereocenters. The summed E-state index contributed by atoms with van der Waals surface area (Å²) in [6.45, 7) is -0.337. The molecule has 0 amide bonds. The van der Waals surface area contributed by atoms with Crippen LogP contribution < -0.4 is 11.1 Å². The summed E-state index contributed by atoms with van der Waals surface area (Å²) in [7, 11) is -2.42. The lowest BCUT2D eigenvalue weighted by atomic mass is 10.3. The zero-order chi connectivity index (χ0) is 14.9. The van der Waals surface area contributed by atoms with Crippen LogP contribution >= 0.6 is 0 Å². The van der Waals surface area contributed by atoms with E-state index in [2.05, 4.69) is 9.97 Å². The molecule has 20 heavy (non-hydrogen) atoms. The molecule has 2 rings (SSSR count). The first kappa shape index (κ1) is 14.4. The van der Waals surface area contributed by atoms with E-state index < -0.39 is 21.1 Å². The highest BCUT2D eigenvalue weighted by atomic mass is 32.2. The van der Waals surface area contributed by atoms with Crippen LogP contribution in [0, 0.1) is 0 Å². The molecule has 1 heterocycles. The molecule has 0 aliphatic carbocycles. The summed E-state index contributed by atoms with van der Waals surface area (Å²) in [6.07, 6.45) is 0. The molecule has 0 aliphatic heterocycles. The lowest BCUT2D eigenvalue weighted by Gasteiger charge is -2.15. The van der Waals surface area contributed by atoms with Gasteiger partial charge in [-0.05, 0) is 18.2 Å². The van der Waals surface area contributed by atoms with Crippen molar-refractivity contribution < 1.29 is 13.5 Å². The molecular weight excluding hydrogens is 286 g/mol. The Balaban J connectivity index is 2.60. The molecule has 9 heteroatoms. The zero-order valence-electron chi connectivity index (χ0n) is 10.6. The number of hydrogen-bond acceptors (Lipinski definition) is 5. The normalized spacial score (nSPS) is 12.2. The van der Waals surface area contributed by atoms with Crippen LogP contribution in [0.3, 0.4) is 0 Å². The number of aromatic amines is 2. The van der Waals surface area contributed by atoms with Crippen molar-refractivity contribution in [3.05, 3.63) is 38.9 Å². The zero-order valence-corrected chi connectivity index (χ0v) is 11.4. The predicted molar refractivity (Wildman–Crippen MR) is 72.1 cm³/mol. The lowest BCUT2D eigenvalue weighted by molar-refractivity contribution is 0.266. The van der Waals surface area contributed by atoms with E-state index in [4.69, 9.17) is 5.11 Å². The molecule has 0 spiro atoms. The number of aromatic nitrogens is 2. The summed E-state index contributed by atoms with van der Waals surface area (Å²) in [4.78, 5) is 27.0. The van der Waals surface area contributed by atoms with Gasteiger partial charge in [0.15, 0.2) is 0 Å². The van der Waals surface area contributed by atoms with E-state index >= 15 is 0 Å². The summed E-state index contributed by atoms with van der Waals surface area (Å²) in [5.74, 6) is 0. The quantitative estimate of drug-likeness (QED) is 0.614. The monoisotopic (exact) mass is 299 g/mol. The van der Waals surface area contributed by atoms with Gasteiger partial charge in [0.25, 0.3) is 0 Å². The highest BCUT2D eigenvalue weighted by Gasteiger charge is 2.20. The Labute approximate surface area is 113 Å². The topological polar surface area (TPSA) is 123 Å². The van der Waals surface area contributed by atoms with Crippen LogP contribution in [0.2, 0.25) is 0 Å². The maximum Gasteiger partial charge on any atom is 0.314 e. The average molecular weight is 299 g/mol. The minimum absolute atomic E-state index is 0.0383. The average Bonchev–Trinajstić information content (AvgIpc) is 2.39. The summed E-state index contributed by atoms with van der Waals surface area (Å²) in [6, 6.07) is 3.97. The van der Waals surface area contributed by atoms with Crippen LogP contribution in [-0.2, 0) is 10.0 Å². The highest BCUT2D eigenvalue weighted by molar-refractivity contribution is 7.89. The SMILES string of the molecule is CN(CCO)S(=O)(=O)c1ccc2[nH]c(=O)c(=O)[nH]c2c1. The fourth-order valence-electron chi connectivity index (χ4n) is 1.70. The van der Waals surface area contributed by atoms with E-state index in [1.807, 2.05) is 0 Å². The van der Waals surface area contributed by atoms with Crippen molar-refractivity contribution in [1.82, 2.24) is 14.3 Å². The number of aliphatic hydroxyl groups is 1. The number of fused-ring (bicyclic) bond motifs is 1. The summed E-state index contributed by atoms with van der Waals surface area (Å²) >= 11 is 0. The van der Waals surface area contributed by atoms with Crippen molar-refractivity contribution in [3.8, 4) is 0 Å². The molecule has 0 atom stereocenters. The van der Waals surface area contributed by atoms with Gasteiger partial charge in [0.2, 0.25) is 10.0 Å². The van der Waals surface area contributed by atoms with E-state index in [-0.39, 0.29) is 23.6 Å². The largest absolute Gasteiger partial charge is 0.395 e. The number of nitrogens with zero attached hydrogens (tertiary/aromatic N) is 1. The van der Waals surface area contributed by atoms with Gasteiger partial charge in [-0.2, -0.15) is 4.31 Å². The molecule has 0 aliphatic rings. The van der Waals surface area contributed by atoms with Gasteiger partial charge >= 0.3 is 11.1 Å². The predicted octanol–water partition coefficient (Wildman–Crippen LogP) is -1.17. The molecular formula is C11H13N3O5S. The second kappa shape index (κ2) is 5.19. The Morgan fingerprint density at radius 3 is 2.35 bits per heavy atom. The van der Waals surface area contributed by atoms with Crippen LogP contribution in [0.4, 0.5) is 0 Å². The van der Waals surface area contributed by atoms with E-state index in [9.17, 15) is 18.0 Å². The van der Waals surface area contributed by atoms with Crippen molar-refractivity contribution >= 4 is 21.1 Å². The fraction of sp³-hybridized carbons (Fsp3) is 0.273. The van der Waals surface area contributed by atoms with E-state index in [0.29, 0.717) is 5.52 Å². The van der Waals surface area contributed by atoms with Gasteiger partial charge < -0.3 is 15.1 Å². The fourth-order valence-corrected chi connectivity index (χ4v) is 2.88. The van der Waals surface area contributed by atoms with E-state index in [1.165, 1.54) is 25.2 Å². The Morgan fingerprint density at radius 1 is 1.15 bits per heavy atom. The number of sulfonamides is 1. The molecule has 0 fully saturated rings. The second-order valence-corrected chi connectivity index (χ2v) is 6.21. The van der Waals surface area contributed by atoms with Gasteiger partial charge in [0.1, 0.15) is 0 Å². The first-order valence-electron chi connectivity index (χ1n) is 5.70. The van der Waals surface area contributed by atoms with Gasteiger partial charge in [-0.3, -0.25) is 9.59 Å². The number of H-pyrrole nitrogens is 2. The van der Waals surface area contributed by atoms with Crippen molar-refractivity contribution in [1.29, 1.82) is 0 Å². The van der Waals surface area contributed by atoms with Crippen molar-refractivity contribution in [2.75, 3.05) is 20.2 Å². The molecule has 0 radical (unpaired) electrons. The number of benzene rings is 1. The molecule has 2 aromatic rings. The standard InChI is InChI=1S/C11H13N3O5S/c1-14(4-5-15)20(18,19)7-2-3-8-9(6-7)13-11(17)10(16)12-8/h2-3,6,15H,4-5H2,1H3,(H,12,16)(H,13,17). The van der Waals surface area contributed by atoms with Crippen LogP contribution in [0.5, 0.6) is 0 Å². The summed E-state index contributed by atoms with van der Waals surface area (Å²) in [5, 5.41) is 8.79. The summed E-state index contributed by atoms with van der Waals surface area (Å²) in [5.41, 5.74) is -1.10. The van der Waals surface area contributed by atoms with Gasteiger partial charge in [-0.1, -0.05) is 0 Å². The number of nitrogens with one attached hydrogen (secondary N) is 2. The first-order valence-corrected chi connectivity index (χ1v) is 7.14. The number of likely N-dealkylation sites (N-methyl/N-ethyl adjacent to an activating group) is 1. The molecule has 0 saturated carbocycles. The van der Waals surface area contributed by atoms with Crippen LogP contribution in [0.1, 0.15) is 0 Å². The lowest BCUT2D eigenvalue weighted by Crippen LogP contribution is -2.30. The third-order valence-corrected chi connectivity index (χ3v) is 4.67. The molecule has 0 bridgehead atoms. The number of hydrogen-bond donors (Lipinski definition) is 3. The maximum absolute atomic E-state index is 12.2. The third kappa shape index (κ3) is 2.50. The Hall–Kier alpha value is -1.97. The number of aliphatic hydroxyl groups excluding tert-OH is 1.